The Labute approximate surface area is 174 Å². The van der Waals surface area contributed by atoms with Gasteiger partial charge in [-0.1, -0.05) is 64.7 Å². The second-order valence-electron chi connectivity index (χ2n) is 5.32. The summed E-state index contributed by atoms with van der Waals surface area (Å²) < 4.78 is 6.81. The average molecular weight is 438 g/mol. The summed E-state index contributed by atoms with van der Waals surface area (Å²) in [5.41, 5.74) is 1.87. The predicted octanol–water partition coefficient (Wildman–Crippen LogP) is 5.22. The van der Waals surface area contributed by atoms with Crippen molar-refractivity contribution in [1.82, 2.24) is 10.2 Å². The molecule has 0 radical (unpaired) electrons. The molecule has 0 saturated heterocycles. The number of hydrogen-bond acceptors (Lipinski definition) is 7. The van der Waals surface area contributed by atoms with E-state index < -0.39 is 0 Å². The number of amides is 1. The SMILES string of the molecule is COc1ccc(CSc2nnc(SCC(=O)Nc3cccc(Cl)c3)s2)cc1. The highest BCUT2D eigenvalue weighted by Crippen LogP contribution is 2.31. The fraction of sp³-hybridized carbons (Fsp3) is 0.167. The molecule has 2 aromatic carbocycles. The molecule has 0 saturated carbocycles. The monoisotopic (exact) mass is 437 g/mol. The van der Waals surface area contributed by atoms with E-state index in [1.54, 1.807) is 43.1 Å². The van der Waals surface area contributed by atoms with Crippen molar-refractivity contribution >= 4 is 58.1 Å². The zero-order valence-corrected chi connectivity index (χ0v) is 17.6. The standard InChI is InChI=1S/C18H16ClN3O2S3/c1-24-15-7-5-12(6-8-15)10-25-17-21-22-18(27-17)26-11-16(23)20-14-4-2-3-13(19)9-14/h2-9H,10-11H2,1H3,(H,20,23). The van der Waals surface area contributed by atoms with Gasteiger partial charge in [-0.25, -0.2) is 0 Å². The van der Waals surface area contributed by atoms with Gasteiger partial charge in [0.1, 0.15) is 5.75 Å². The Balaban J connectivity index is 1.45. The summed E-state index contributed by atoms with van der Waals surface area (Å²) >= 11 is 10.4. The summed E-state index contributed by atoms with van der Waals surface area (Å²) in [6.07, 6.45) is 0. The van der Waals surface area contributed by atoms with E-state index in [4.69, 9.17) is 16.3 Å². The van der Waals surface area contributed by atoms with Gasteiger partial charge in [0.2, 0.25) is 5.91 Å². The van der Waals surface area contributed by atoms with Crippen molar-refractivity contribution in [2.24, 2.45) is 0 Å². The van der Waals surface area contributed by atoms with Crippen molar-refractivity contribution in [3.63, 3.8) is 0 Å². The van der Waals surface area contributed by atoms with Gasteiger partial charge < -0.3 is 10.1 Å². The topological polar surface area (TPSA) is 64.1 Å². The minimum Gasteiger partial charge on any atom is -0.497 e. The van der Waals surface area contributed by atoms with Crippen molar-refractivity contribution in [1.29, 1.82) is 0 Å². The number of nitrogens with zero attached hydrogens (tertiary/aromatic N) is 2. The lowest BCUT2D eigenvalue weighted by molar-refractivity contribution is -0.113. The van der Waals surface area contributed by atoms with Crippen LogP contribution in [0.5, 0.6) is 5.75 Å². The minimum absolute atomic E-state index is 0.107. The number of thioether (sulfide) groups is 2. The zero-order valence-electron chi connectivity index (χ0n) is 14.3. The molecular weight excluding hydrogens is 422 g/mol. The highest BCUT2D eigenvalue weighted by molar-refractivity contribution is 8.03. The molecule has 0 unspecified atom stereocenters. The molecule has 1 amide bonds. The van der Waals surface area contributed by atoms with Gasteiger partial charge >= 0.3 is 0 Å². The van der Waals surface area contributed by atoms with Crippen molar-refractivity contribution in [2.75, 3.05) is 18.2 Å². The molecule has 0 atom stereocenters. The summed E-state index contributed by atoms with van der Waals surface area (Å²) in [5, 5.41) is 11.7. The third-order valence-electron chi connectivity index (χ3n) is 3.34. The van der Waals surface area contributed by atoms with Crippen LogP contribution in [0, 0.1) is 0 Å². The zero-order chi connectivity index (χ0) is 19.1. The number of hydrogen-bond donors (Lipinski definition) is 1. The Hall–Kier alpha value is -1.74. The van der Waals surface area contributed by atoms with E-state index in [9.17, 15) is 4.79 Å². The summed E-state index contributed by atoms with van der Waals surface area (Å²) in [7, 11) is 1.65. The van der Waals surface area contributed by atoms with Crippen molar-refractivity contribution < 1.29 is 9.53 Å². The molecule has 0 aliphatic carbocycles. The first-order valence-electron chi connectivity index (χ1n) is 7.90. The Morgan fingerprint density at radius 2 is 1.89 bits per heavy atom. The minimum atomic E-state index is -0.107. The molecule has 5 nitrogen and oxygen atoms in total. The van der Waals surface area contributed by atoms with E-state index in [2.05, 4.69) is 15.5 Å². The van der Waals surface area contributed by atoms with Gasteiger partial charge in [-0.05, 0) is 35.9 Å². The average Bonchev–Trinajstić information content (AvgIpc) is 3.13. The molecule has 1 aromatic heterocycles. The second-order valence-corrected chi connectivity index (χ2v) is 9.18. The Morgan fingerprint density at radius 1 is 1.15 bits per heavy atom. The fourth-order valence-electron chi connectivity index (χ4n) is 2.07. The molecule has 9 heteroatoms. The predicted molar refractivity (Wildman–Crippen MR) is 113 cm³/mol. The summed E-state index contributed by atoms with van der Waals surface area (Å²) in [5.74, 6) is 1.81. The Kier molecular flexibility index (Phi) is 7.40. The lowest BCUT2D eigenvalue weighted by Crippen LogP contribution is -2.13. The quantitative estimate of drug-likeness (QED) is 0.487. The highest BCUT2D eigenvalue weighted by atomic mass is 35.5. The Morgan fingerprint density at radius 3 is 2.59 bits per heavy atom. The number of benzene rings is 2. The number of aromatic nitrogens is 2. The molecule has 0 bridgehead atoms. The number of carbonyl (C=O) groups is 1. The first-order valence-corrected chi connectivity index (χ1v) is 11.1. The highest BCUT2D eigenvalue weighted by Gasteiger charge is 2.09. The van der Waals surface area contributed by atoms with Gasteiger partial charge in [-0.15, -0.1) is 10.2 Å². The van der Waals surface area contributed by atoms with E-state index in [1.165, 1.54) is 28.7 Å². The number of carbonyl (C=O) groups excluding carboxylic acids is 1. The van der Waals surface area contributed by atoms with Crippen LogP contribution < -0.4 is 10.1 Å². The van der Waals surface area contributed by atoms with Gasteiger partial charge in [0.15, 0.2) is 8.68 Å². The summed E-state index contributed by atoms with van der Waals surface area (Å²) in [4.78, 5) is 12.0. The van der Waals surface area contributed by atoms with Gasteiger partial charge in [-0.2, -0.15) is 0 Å². The van der Waals surface area contributed by atoms with E-state index in [0.717, 1.165) is 20.2 Å². The first kappa shape index (κ1) is 20.0. The Bertz CT molecular complexity index is 903. The van der Waals surface area contributed by atoms with E-state index in [1.807, 2.05) is 24.3 Å². The molecular formula is C18H16ClN3O2S3. The molecule has 1 N–H and O–H groups in total. The molecule has 3 rings (SSSR count). The molecule has 0 aliphatic heterocycles. The van der Waals surface area contributed by atoms with Gasteiger partial charge in [0.25, 0.3) is 0 Å². The molecule has 0 aliphatic rings. The van der Waals surface area contributed by atoms with Crippen LogP contribution in [-0.2, 0) is 10.5 Å². The normalized spacial score (nSPS) is 10.6. The van der Waals surface area contributed by atoms with Crippen LogP contribution >= 0.6 is 46.5 Å². The van der Waals surface area contributed by atoms with Crippen LogP contribution in [0.25, 0.3) is 0 Å². The van der Waals surface area contributed by atoms with Gasteiger partial charge in [0.05, 0.1) is 12.9 Å². The first-order chi connectivity index (χ1) is 13.1. The van der Waals surface area contributed by atoms with Crippen LogP contribution in [0.4, 0.5) is 5.69 Å². The maximum absolute atomic E-state index is 12.0. The number of halogens is 1. The molecule has 27 heavy (non-hydrogen) atoms. The van der Waals surface area contributed by atoms with Crippen LogP contribution in [0.3, 0.4) is 0 Å². The molecule has 1 heterocycles. The number of rotatable bonds is 8. The van der Waals surface area contributed by atoms with Crippen LogP contribution in [0.1, 0.15) is 5.56 Å². The smallest absolute Gasteiger partial charge is 0.234 e. The number of methoxy groups -OCH3 is 1. The lowest BCUT2D eigenvalue weighted by atomic mass is 10.2. The molecule has 140 valence electrons. The number of nitrogens with one attached hydrogen (secondary N) is 1. The largest absolute Gasteiger partial charge is 0.497 e. The lowest BCUT2D eigenvalue weighted by Gasteiger charge is -2.04. The summed E-state index contributed by atoms with van der Waals surface area (Å²) in [6.45, 7) is 0. The van der Waals surface area contributed by atoms with E-state index >= 15 is 0 Å². The molecule has 0 fully saturated rings. The van der Waals surface area contributed by atoms with Crippen LogP contribution in [0.2, 0.25) is 5.02 Å². The van der Waals surface area contributed by atoms with Gasteiger partial charge in [-0.3, -0.25) is 4.79 Å². The van der Waals surface area contributed by atoms with Crippen LogP contribution in [0.15, 0.2) is 57.2 Å². The van der Waals surface area contributed by atoms with Crippen molar-refractivity contribution in [2.45, 2.75) is 14.4 Å². The summed E-state index contributed by atoms with van der Waals surface area (Å²) in [6, 6.07) is 15.0. The van der Waals surface area contributed by atoms with Crippen molar-refractivity contribution in [3.8, 4) is 5.75 Å². The fourth-order valence-corrected chi connectivity index (χ4v) is 5.04. The second kappa shape index (κ2) is 9.98. The number of ether oxygens (including phenoxy) is 1. The van der Waals surface area contributed by atoms with E-state index in [-0.39, 0.29) is 11.7 Å². The van der Waals surface area contributed by atoms with Gasteiger partial charge in [0, 0.05) is 16.5 Å². The third-order valence-corrected chi connectivity index (χ3v) is 6.84. The maximum atomic E-state index is 12.0. The number of anilines is 1. The van der Waals surface area contributed by atoms with Crippen molar-refractivity contribution in [3.05, 3.63) is 59.1 Å². The van der Waals surface area contributed by atoms with E-state index in [0.29, 0.717) is 10.7 Å². The third kappa shape index (κ3) is 6.42. The van der Waals surface area contributed by atoms with Crippen LogP contribution in [-0.4, -0.2) is 29.0 Å². The molecule has 3 aromatic rings. The molecule has 0 spiro atoms. The maximum Gasteiger partial charge on any atom is 0.234 e.